The Kier molecular flexibility index (Phi) is 4.94. The lowest BCUT2D eigenvalue weighted by atomic mass is 9.77. The highest BCUT2D eigenvalue weighted by molar-refractivity contribution is 5.87. The molecular formula is C23H25FN2O2. The van der Waals surface area contributed by atoms with Gasteiger partial charge in [0.1, 0.15) is 5.82 Å². The number of aromatic nitrogens is 1. The van der Waals surface area contributed by atoms with Gasteiger partial charge in [-0.15, -0.1) is 0 Å². The molecule has 0 unspecified atom stereocenters. The summed E-state index contributed by atoms with van der Waals surface area (Å²) in [6.07, 6.45) is 3.54. The predicted molar refractivity (Wildman–Crippen MR) is 108 cm³/mol. The fourth-order valence-corrected chi connectivity index (χ4v) is 4.55. The van der Waals surface area contributed by atoms with Gasteiger partial charge in [0.15, 0.2) is 0 Å². The number of carboxylic acid groups (broad SMARTS) is 1. The summed E-state index contributed by atoms with van der Waals surface area (Å²) in [5.74, 6) is -0.498. The smallest absolute Gasteiger partial charge is 0.335 e. The van der Waals surface area contributed by atoms with Gasteiger partial charge in [-0.2, -0.15) is 0 Å². The molecule has 146 valence electrons. The summed E-state index contributed by atoms with van der Waals surface area (Å²) in [5, 5.41) is 10.1. The lowest BCUT2D eigenvalue weighted by Crippen LogP contribution is -2.37. The molecule has 0 radical (unpaired) electrons. The summed E-state index contributed by atoms with van der Waals surface area (Å²) in [7, 11) is 2.10. The Morgan fingerprint density at radius 1 is 1.29 bits per heavy atom. The molecule has 1 saturated heterocycles. The van der Waals surface area contributed by atoms with Gasteiger partial charge in [0.05, 0.1) is 5.56 Å². The molecule has 0 amide bonds. The number of nitrogens with zero attached hydrogens (tertiary/aromatic N) is 1. The van der Waals surface area contributed by atoms with Crippen molar-refractivity contribution in [2.24, 2.45) is 5.92 Å². The molecule has 0 bridgehead atoms. The van der Waals surface area contributed by atoms with Crippen LogP contribution >= 0.6 is 0 Å². The Morgan fingerprint density at radius 2 is 2.04 bits per heavy atom. The first-order chi connectivity index (χ1) is 13.4. The second-order valence-electron chi connectivity index (χ2n) is 7.97. The summed E-state index contributed by atoms with van der Waals surface area (Å²) in [4.78, 5) is 16.7. The lowest BCUT2D eigenvalue weighted by Gasteiger charge is -2.37. The van der Waals surface area contributed by atoms with Crippen LogP contribution in [-0.4, -0.2) is 41.1 Å². The van der Waals surface area contributed by atoms with Crippen LogP contribution in [0, 0.1) is 18.7 Å². The number of aromatic amines is 1. The molecule has 5 heteroatoms. The maximum Gasteiger partial charge on any atom is 0.335 e. The number of rotatable bonds is 4. The van der Waals surface area contributed by atoms with Crippen LogP contribution in [0.1, 0.15) is 39.4 Å². The Bertz CT molecular complexity index is 1010. The molecule has 1 aromatic heterocycles. The number of aryl methyl sites for hydroxylation is 1. The van der Waals surface area contributed by atoms with Crippen molar-refractivity contribution in [2.75, 3.05) is 20.1 Å². The van der Waals surface area contributed by atoms with Gasteiger partial charge in [-0.25, -0.2) is 9.18 Å². The Balaban J connectivity index is 1.67. The number of likely N-dealkylation sites (N-methyl/N-ethyl adjacent to an activating group) is 1. The highest BCUT2D eigenvalue weighted by Gasteiger charge is 2.30. The number of aromatic carboxylic acids is 1. The molecule has 0 aliphatic carbocycles. The number of fused-ring (bicyclic) bond motifs is 1. The van der Waals surface area contributed by atoms with Gasteiger partial charge in [-0.3, -0.25) is 0 Å². The number of hydrogen-bond acceptors (Lipinski definition) is 2. The molecule has 2 aromatic carbocycles. The molecule has 0 saturated carbocycles. The third kappa shape index (κ3) is 3.42. The minimum Gasteiger partial charge on any atom is -0.478 e. The predicted octanol–water partition coefficient (Wildman–Crippen LogP) is 4.59. The van der Waals surface area contributed by atoms with Crippen molar-refractivity contribution in [2.45, 2.75) is 25.7 Å². The average molecular weight is 380 g/mol. The molecule has 1 fully saturated rings. The first kappa shape index (κ1) is 18.7. The minimum atomic E-state index is -0.916. The van der Waals surface area contributed by atoms with Gasteiger partial charge in [-0.1, -0.05) is 12.1 Å². The van der Waals surface area contributed by atoms with Gasteiger partial charge in [0, 0.05) is 23.6 Å². The number of hydrogen-bond donors (Lipinski definition) is 2. The fraction of sp³-hybridized carbons (Fsp3) is 0.348. The molecule has 3 aromatic rings. The zero-order chi connectivity index (χ0) is 19.8. The van der Waals surface area contributed by atoms with Gasteiger partial charge in [0.25, 0.3) is 0 Å². The largest absolute Gasteiger partial charge is 0.478 e. The van der Waals surface area contributed by atoms with Crippen LogP contribution in [0.4, 0.5) is 4.39 Å². The average Bonchev–Trinajstić information content (AvgIpc) is 3.16. The highest BCUT2D eigenvalue weighted by Crippen LogP contribution is 2.37. The van der Waals surface area contributed by atoms with E-state index in [1.165, 1.54) is 0 Å². The van der Waals surface area contributed by atoms with Crippen LogP contribution in [0.25, 0.3) is 10.9 Å². The third-order valence-corrected chi connectivity index (χ3v) is 6.11. The van der Waals surface area contributed by atoms with E-state index in [1.807, 2.05) is 31.3 Å². The van der Waals surface area contributed by atoms with Crippen molar-refractivity contribution < 1.29 is 14.3 Å². The molecule has 4 nitrogen and oxygen atoms in total. The summed E-state index contributed by atoms with van der Waals surface area (Å²) >= 11 is 0. The summed E-state index contributed by atoms with van der Waals surface area (Å²) in [5.41, 5.74) is 4.13. The van der Waals surface area contributed by atoms with E-state index in [0.29, 0.717) is 17.9 Å². The van der Waals surface area contributed by atoms with Crippen molar-refractivity contribution in [1.29, 1.82) is 0 Å². The zero-order valence-corrected chi connectivity index (χ0v) is 16.2. The number of nitrogens with one attached hydrogen (secondary N) is 1. The Hall–Kier alpha value is -2.66. The number of carboxylic acids is 1. The minimum absolute atomic E-state index is 0.136. The summed E-state index contributed by atoms with van der Waals surface area (Å²) in [6, 6.07) is 10.8. The van der Waals surface area contributed by atoms with E-state index in [4.69, 9.17) is 5.11 Å². The van der Waals surface area contributed by atoms with Gasteiger partial charge < -0.3 is 15.0 Å². The number of halogens is 1. The van der Waals surface area contributed by atoms with Crippen LogP contribution in [0.5, 0.6) is 0 Å². The van der Waals surface area contributed by atoms with Crippen molar-refractivity contribution >= 4 is 16.9 Å². The SMILES string of the molecule is Cc1cc(F)c(C[C@@H]2CCN(C)C[C@H]2c2ccc(C(=O)O)cc2)c2cc[nH]c12. The van der Waals surface area contributed by atoms with Crippen molar-refractivity contribution in [3.05, 3.63) is 70.7 Å². The normalized spacial score (nSPS) is 20.5. The van der Waals surface area contributed by atoms with Crippen LogP contribution in [-0.2, 0) is 6.42 Å². The summed E-state index contributed by atoms with van der Waals surface area (Å²) in [6.45, 7) is 3.80. The quantitative estimate of drug-likeness (QED) is 0.696. The fourth-order valence-electron chi connectivity index (χ4n) is 4.55. The van der Waals surface area contributed by atoms with Gasteiger partial charge in [0.2, 0.25) is 0 Å². The maximum atomic E-state index is 14.9. The lowest BCUT2D eigenvalue weighted by molar-refractivity contribution is 0.0697. The van der Waals surface area contributed by atoms with E-state index in [2.05, 4.69) is 16.9 Å². The van der Waals surface area contributed by atoms with Crippen LogP contribution in [0.15, 0.2) is 42.6 Å². The maximum absolute atomic E-state index is 14.9. The topological polar surface area (TPSA) is 56.3 Å². The number of piperidine rings is 1. The van der Waals surface area contributed by atoms with Crippen molar-refractivity contribution in [3.63, 3.8) is 0 Å². The molecule has 0 spiro atoms. The standard InChI is InChI=1S/C23H25FN2O2/c1-14-11-21(24)19(18-7-9-25-22(14)18)12-17-8-10-26(2)13-20(17)15-3-5-16(6-4-15)23(27)28/h3-7,9,11,17,20,25H,8,10,12-13H2,1-2H3,(H,27,28)/t17-,20-/m0/s1. The van der Waals surface area contributed by atoms with E-state index in [-0.39, 0.29) is 11.7 Å². The second kappa shape index (κ2) is 7.40. The van der Waals surface area contributed by atoms with Crippen molar-refractivity contribution in [3.8, 4) is 0 Å². The first-order valence-electron chi connectivity index (χ1n) is 9.71. The van der Waals surface area contributed by atoms with E-state index >= 15 is 0 Å². The molecule has 2 heterocycles. The second-order valence-corrected chi connectivity index (χ2v) is 7.97. The van der Waals surface area contributed by atoms with Gasteiger partial charge in [-0.05, 0) is 86.1 Å². The van der Waals surface area contributed by atoms with Crippen LogP contribution in [0.3, 0.4) is 0 Å². The molecule has 4 rings (SSSR count). The Labute approximate surface area is 164 Å². The van der Waals surface area contributed by atoms with E-state index in [0.717, 1.165) is 47.1 Å². The first-order valence-corrected chi connectivity index (χ1v) is 9.71. The summed E-state index contributed by atoms with van der Waals surface area (Å²) < 4.78 is 14.9. The molecular weight excluding hydrogens is 355 g/mol. The molecule has 1 aliphatic rings. The monoisotopic (exact) mass is 380 g/mol. The number of benzene rings is 2. The van der Waals surface area contributed by atoms with Crippen LogP contribution < -0.4 is 0 Å². The van der Waals surface area contributed by atoms with E-state index in [9.17, 15) is 9.18 Å². The molecule has 1 aliphatic heterocycles. The Morgan fingerprint density at radius 3 is 2.75 bits per heavy atom. The van der Waals surface area contributed by atoms with E-state index < -0.39 is 5.97 Å². The third-order valence-electron chi connectivity index (χ3n) is 6.11. The number of carbonyl (C=O) groups is 1. The van der Waals surface area contributed by atoms with Crippen LogP contribution in [0.2, 0.25) is 0 Å². The van der Waals surface area contributed by atoms with E-state index in [1.54, 1.807) is 18.2 Å². The zero-order valence-electron chi connectivity index (χ0n) is 16.2. The number of H-pyrrole nitrogens is 1. The molecule has 28 heavy (non-hydrogen) atoms. The highest BCUT2D eigenvalue weighted by atomic mass is 19.1. The van der Waals surface area contributed by atoms with Gasteiger partial charge >= 0.3 is 5.97 Å². The molecule has 2 N–H and O–H groups in total. The molecule has 2 atom stereocenters. The number of likely N-dealkylation sites (tertiary alicyclic amines) is 1. The van der Waals surface area contributed by atoms with Crippen molar-refractivity contribution in [1.82, 2.24) is 9.88 Å².